The Morgan fingerprint density at radius 2 is 2.05 bits per heavy atom. The van der Waals surface area contributed by atoms with Gasteiger partial charge in [0, 0.05) is 10.6 Å². The molecular weight excluding hydrogens is 306 g/mol. The number of hydrogen-bond donors (Lipinski definition) is 0. The maximum Gasteiger partial charge on any atom is 0.238 e. The second-order valence-electron chi connectivity index (χ2n) is 5.62. The number of imide groups is 1. The maximum absolute atomic E-state index is 12.6. The molecule has 1 aromatic carbocycles. The van der Waals surface area contributed by atoms with E-state index in [2.05, 4.69) is 0 Å². The van der Waals surface area contributed by atoms with Gasteiger partial charge in [0.05, 0.1) is 23.5 Å². The first-order valence-electron chi connectivity index (χ1n) is 6.97. The monoisotopic (exact) mass is 318 g/mol. The quantitative estimate of drug-likeness (QED) is 0.610. The Labute approximate surface area is 132 Å². The Hall–Kier alpha value is -2.14. The van der Waals surface area contributed by atoms with Crippen molar-refractivity contribution in [1.82, 2.24) is 0 Å². The number of anilines is 1. The van der Waals surface area contributed by atoms with E-state index in [9.17, 15) is 19.5 Å². The smallest absolute Gasteiger partial charge is 0.238 e. The lowest BCUT2D eigenvalue weighted by Crippen LogP contribution is -2.32. The highest BCUT2D eigenvalue weighted by molar-refractivity contribution is 6.33. The molecular formula is C16H13ClNO4-. The van der Waals surface area contributed by atoms with Crippen LogP contribution in [0, 0.1) is 17.8 Å². The summed E-state index contributed by atoms with van der Waals surface area (Å²) in [6, 6.07) is 4.04. The molecule has 3 rings (SSSR count). The first-order valence-corrected chi connectivity index (χ1v) is 7.35. The van der Waals surface area contributed by atoms with Crippen molar-refractivity contribution >= 4 is 35.1 Å². The van der Waals surface area contributed by atoms with E-state index in [4.69, 9.17) is 11.6 Å². The zero-order valence-electron chi connectivity index (χ0n) is 11.8. The second-order valence-corrected chi connectivity index (χ2v) is 6.03. The number of hydrogen-bond acceptors (Lipinski definition) is 4. The van der Waals surface area contributed by atoms with E-state index in [0.717, 1.165) is 4.90 Å². The summed E-state index contributed by atoms with van der Waals surface area (Å²) >= 11 is 5.80. The Kier molecular flexibility index (Phi) is 3.53. The number of fused-ring (bicyclic) bond motifs is 1. The van der Waals surface area contributed by atoms with Crippen molar-refractivity contribution in [2.24, 2.45) is 17.8 Å². The number of halogens is 1. The predicted octanol–water partition coefficient (Wildman–Crippen LogP) is 1.41. The minimum atomic E-state index is -1.45. The van der Waals surface area contributed by atoms with E-state index in [1.807, 2.05) is 19.1 Å². The average molecular weight is 319 g/mol. The number of allylic oxidation sites excluding steroid dienone is 2. The molecule has 0 aromatic heterocycles. The summed E-state index contributed by atoms with van der Waals surface area (Å²) in [6.45, 7) is 1.90. The predicted molar refractivity (Wildman–Crippen MR) is 78.2 cm³/mol. The molecule has 0 saturated carbocycles. The number of carboxylic acids is 1. The number of rotatable bonds is 2. The minimum Gasteiger partial charge on any atom is -0.545 e. The van der Waals surface area contributed by atoms with E-state index in [0.29, 0.717) is 6.42 Å². The third kappa shape index (κ3) is 2.13. The molecule has 114 valence electrons. The Bertz CT molecular complexity index is 712. The lowest BCUT2D eigenvalue weighted by Gasteiger charge is -2.22. The average Bonchev–Trinajstić information content (AvgIpc) is 2.73. The van der Waals surface area contributed by atoms with Gasteiger partial charge in [0.15, 0.2) is 0 Å². The third-order valence-corrected chi connectivity index (χ3v) is 4.63. The molecule has 1 aliphatic heterocycles. The molecule has 22 heavy (non-hydrogen) atoms. The van der Waals surface area contributed by atoms with Crippen LogP contribution in [-0.2, 0) is 9.59 Å². The van der Waals surface area contributed by atoms with Crippen molar-refractivity contribution in [3.63, 3.8) is 0 Å². The molecule has 1 aliphatic carbocycles. The Morgan fingerprint density at radius 1 is 1.32 bits per heavy atom. The van der Waals surface area contributed by atoms with Crippen LogP contribution < -0.4 is 10.0 Å². The van der Waals surface area contributed by atoms with E-state index >= 15 is 0 Å². The number of carboxylic acid groups (broad SMARTS) is 1. The minimum absolute atomic E-state index is 0.00953. The molecule has 1 aromatic rings. The molecule has 0 unspecified atom stereocenters. The molecule has 5 nitrogen and oxygen atoms in total. The van der Waals surface area contributed by atoms with Crippen LogP contribution in [0.5, 0.6) is 0 Å². The van der Waals surface area contributed by atoms with Crippen molar-refractivity contribution < 1.29 is 19.5 Å². The van der Waals surface area contributed by atoms with Crippen molar-refractivity contribution in [3.8, 4) is 0 Å². The summed E-state index contributed by atoms with van der Waals surface area (Å²) in [5.41, 5.74) is -0.0130. The van der Waals surface area contributed by atoms with Crippen LogP contribution in [0.3, 0.4) is 0 Å². The lowest BCUT2D eigenvalue weighted by molar-refractivity contribution is -0.255. The highest BCUT2D eigenvalue weighted by atomic mass is 35.5. The van der Waals surface area contributed by atoms with Crippen molar-refractivity contribution in [2.45, 2.75) is 13.3 Å². The van der Waals surface area contributed by atoms with Gasteiger partial charge in [-0.2, -0.15) is 0 Å². The van der Waals surface area contributed by atoms with Gasteiger partial charge in [0.2, 0.25) is 11.8 Å². The summed E-state index contributed by atoms with van der Waals surface area (Å²) in [7, 11) is 0. The van der Waals surface area contributed by atoms with Crippen molar-refractivity contribution in [3.05, 3.63) is 40.9 Å². The van der Waals surface area contributed by atoms with Crippen LogP contribution in [0.25, 0.3) is 0 Å². The van der Waals surface area contributed by atoms with Crippen LogP contribution in [-0.4, -0.2) is 17.8 Å². The molecule has 0 radical (unpaired) electrons. The molecule has 1 heterocycles. The summed E-state index contributed by atoms with van der Waals surface area (Å²) in [6.07, 6.45) is 4.37. The van der Waals surface area contributed by atoms with Gasteiger partial charge in [-0.05, 0) is 30.5 Å². The third-order valence-electron chi connectivity index (χ3n) is 4.30. The number of carbonyl (C=O) groups is 3. The van der Waals surface area contributed by atoms with Gasteiger partial charge >= 0.3 is 0 Å². The van der Waals surface area contributed by atoms with Crippen LogP contribution in [0.2, 0.25) is 5.02 Å². The fraction of sp³-hybridized carbons (Fsp3) is 0.312. The molecule has 6 heteroatoms. The maximum atomic E-state index is 12.6. The molecule has 1 fully saturated rings. The van der Waals surface area contributed by atoms with E-state index in [1.54, 1.807) is 0 Å². The van der Waals surface area contributed by atoms with Gasteiger partial charge in [-0.15, -0.1) is 0 Å². The molecule has 2 amide bonds. The van der Waals surface area contributed by atoms with Crippen LogP contribution in [0.4, 0.5) is 5.69 Å². The van der Waals surface area contributed by atoms with E-state index in [1.165, 1.54) is 18.2 Å². The van der Waals surface area contributed by atoms with Crippen molar-refractivity contribution in [2.75, 3.05) is 4.90 Å². The van der Waals surface area contributed by atoms with Crippen LogP contribution >= 0.6 is 11.6 Å². The van der Waals surface area contributed by atoms with Gasteiger partial charge in [-0.25, -0.2) is 0 Å². The van der Waals surface area contributed by atoms with Crippen LogP contribution in [0.15, 0.2) is 30.4 Å². The highest BCUT2D eigenvalue weighted by Crippen LogP contribution is 2.40. The Morgan fingerprint density at radius 3 is 2.68 bits per heavy atom. The fourth-order valence-corrected chi connectivity index (χ4v) is 3.41. The summed E-state index contributed by atoms with van der Waals surface area (Å²) in [5.74, 6) is -2.82. The van der Waals surface area contributed by atoms with Crippen molar-refractivity contribution in [1.29, 1.82) is 0 Å². The fourth-order valence-electron chi connectivity index (χ4n) is 3.21. The van der Waals surface area contributed by atoms with Gasteiger partial charge in [0.25, 0.3) is 0 Å². The number of benzene rings is 1. The molecule has 0 spiro atoms. The van der Waals surface area contributed by atoms with E-state index < -0.39 is 5.97 Å². The molecule has 3 atom stereocenters. The zero-order valence-corrected chi connectivity index (χ0v) is 12.5. The number of amides is 2. The molecule has 0 N–H and O–H groups in total. The summed E-state index contributed by atoms with van der Waals surface area (Å²) in [4.78, 5) is 37.3. The lowest BCUT2D eigenvalue weighted by atomic mass is 9.78. The number of nitrogens with zero attached hydrogens (tertiary/aromatic N) is 1. The van der Waals surface area contributed by atoms with Gasteiger partial charge in [-0.1, -0.05) is 30.7 Å². The highest BCUT2D eigenvalue weighted by Gasteiger charge is 2.50. The van der Waals surface area contributed by atoms with E-state index in [-0.39, 0.29) is 45.8 Å². The standard InChI is InChI=1S/C16H14ClNO4/c1-8-3-2-4-10-13(8)15(20)18(14(10)19)9-5-6-12(17)11(7-9)16(21)22/h2-3,5-8,10,13H,4H2,1H3,(H,21,22)/p-1/t8-,10+,13-/m1/s1. The zero-order chi connectivity index (χ0) is 16.0. The summed E-state index contributed by atoms with van der Waals surface area (Å²) < 4.78 is 0. The molecule has 0 bridgehead atoms. The Balaban J connectivity index is 2.03. The molecule has 2 aliphatic rings. The molecule has 1 saturated heterocycles. The first kappa shape index (κ1) is 14.8. The number of carbonyl (C=O) groups excluding carboxylic acids is 3. The summed E-state index contributed by atoms with van der Waals surface area (Å²) in [5, 5.41) is 11.1. The SMILES string of the molecule is C[C@@H]1C=CC[C@@H]2C(=O)N(c3ccc(Cl)c(C(=O)[O-])c3)C(=O)[C@H]12. The normalized spacial score (nSPS) is 27.2. The van der Waals surface area contributed by atoms with Gasteiger partial charge in [0.1, 0.15) is 0 Å². The number of aromatic carboxylic acids is 1. The van der Waals surface area contributed by atoms with Gasteiger partial charge in [-0.3, -0.25) is 14.5 Å². The topological polar surface area (TPSA) is 77.5 Å². The second kappa shape index (κ2) is 5.25. The van der Waals surface area contributed by atoms with Crippen LogP contribution in [0.1, 0.15) is 23.7 Å². The van der Waals surface area contributed by atoms with Gasteiger partial charge < -0.3 is 9.90 Å². The largest absolute Gasteiger partial charge is 0.545 e. The first-order chi connectivity index (χ1) is 10.4.